The minimum Gasteiger partial charge on any atom is -0.490 e. The number of hydrogen-bond acceptors (Lipinski definition) is 4. The fraction of sp³-hybridized carbons (Fsp3) is 0.516. The van der Waals surface area contributed by atoms with E-state index in [0.717, 1.165) is 17.2 Å². The predicted octanol–water partition coefficient (Wildman–Crippen LogP) is 7.38. The maximum absolute atomic E-state index is 11.7. The van der Waals surface area contributed by atoms with Gasteiger partial charge in [0.05, 0.1) is 0 Å². The van der Waals surface area contributed by atoms with Gasteiger partial charge >= 0.3 is 5.97 Å². The van der Waals surface area contributed by atoms with Crippen LogP contribution in [-0.4, -0.2) is 30.9 Å². The third-order valence-electron chi connectivity index (χ3n) is 7.24. The van der Waals surface area contributed by atoms with Crippen LogP contribution in [0.2, 0.25) is 0 Å². The molecule has 1 fully saturated rings. The highest BCUT2D eigenvalue weighted by Crippen LogP contribution is 2.38. The highest BCUT2D eigenvalue weighted by molar-refractivity contribution is 5.87. The van der Waals surface area contributed by atoms with Crippen molar-refractivity contribution in [3.05, 3.63) is 65.7 Å². The second-order valence-corrected chi connectivity index (χ2v) is 9.87. The van der Waals surface area contributed by atoms with Crippen molar-refractivity contribution in [3.8, 4) is 16.9 Å². The van der Waals surface area contributed by atoms with E-state index in [1.54, 1.807) is 0 Å². The van der Waals surface area contributed by atoms with E-state index < -0.39 is 5.97 Å². The molecule has 0 saturated heterocycles. The summed E-state index contributed by atoms with van der Waals surface area (Å²) in [6, 6.07) is 15.2. The Hall–Kier alpha value is -2.59. The van der Waals surface area contributed by atoms with Gasteiger partial charge in [-0.05, 0) is 78.8 Å². The summed E-state index contributed by atoms with van der Waals surface area (Å²) in [4.78, 5) is 11.7. The van der Waals surface area contributed by atoms with Crippen LogP contribution in [-0.2, 0) is 9.53 Å². The molecule has 1 N–H and O–H groups in total. The molecule has 0 spiro atoms. The SMILES string of the molecule is C=C(CCO)C(=O)OCCOc1ccc(-c2ccc(C3CCC(CCCCC)CC3)cc2)c(C)c1. The van der Waals surface area contributed by atoms with Crippen LogP contribution in [0, 0.1) is 12.8 Å². The minimum absolute atomic E-state index is 0.112. The van der Waals surface area contributed by atoms with Crippen molar-refractivity contribution in [1.29, 1.82) is 0 Å². The van der Waals surface area contributed by atoms with E-state index in [0.29, 0.717) is 5.92 Å². The second-order valence-electron chi connectivity index (χ2n) is 9.87. The van der Waals surface area contributed by atoms with E-state index >= 15 is 0 Å². The quantitative estimate of drug-likeness (QED) is 0.185. The lowest BCUT2D eigenvalue weighted by Gasteiger charge is -2.29. The summed E-state index contributed by atoms with van der Waals surface area (Å²) in [5.74, 6) is 1.91. The second kappa shape index (κ2) is 14.1. The monoisotopic (exact) mass is 478 g/mol. The Morgan fingerprint density at radius 2 is 1.77 bits per heavy atom. The van der Waals surface area contributed by atoms with Crippen LogP contribution in [0.25, 0.3) is 11.1 Å². The van der Waals surface area contributed by atoms with Crippen molar-refractivity contribution in [2.75, 3.05) is 19.8 Å². The summed E-state index contributed by atoms with van der Waals surface area (Å²) in [5, 5.41) is 8.86. The Morgan fingerprint density at radius 3 is 2.43 bits per heavy atom. The molecular weight excluding hydrogens is 436 g/mol. The molecule has 0 radical (unpaired) electrons. The first kappa shape index (κ1) is 27.0. The topological polar surface area (TPSA) is 55.8 Å². The number of ether oxygens (including phenoxy) is 2. The number of hydrogen-bond donors (Lipinski definition) is 1. The fourth-order valence-corrected chi connectivity index (χ4v) is 5.09. The molecule has 190 valence electrons. The van der Waals surface area contributed by atoms with Gasteiger partial charge in [0.15, 0.2) is 0 Å². The average Bonchev–Trinajstić information content (AvgIpc) is 2.87. The summed E-state index contributed by atoms with van der Waals surface area (Å²) in [6.07, 6.45) is 11.2. The van der Waals surface area contributed by atoms with E-state index in [1.807, 2.05) is 12.1 Å². The van der Waals surface area contributed by atoms with Crippen molar-refractivity contribution in [1.82, 2.24) is 0 Å². The molecule has 2 aromatic rings. The molecule has 0 heterocycles. The summed E-state index contributed by atoms with van der Waals surface area (Å²) in [7, 11) is 0. The lowest BCUT2D eigenvalue weighted by atomic mass is 9.77. The number of rotatable bonds is 13. The Balaban J connectivity index is 1.48. The van der Waals surface area contributed by atoms with Crippen molar-refractivity contribution in [2.45, 2.75) is 77.6 Å². The molecule has 0 aromatic heterocycles. The summed E-state index contributed by atoms with van der Waals surface area (Å²) >= 11 is 0. The summed E-state index contributed by atoms with van der Waals surface area (Å²) < 4.78 is 10.9. The number of unbranched alkanes of at least 4 members (excludes halogenated alkanes) is 2. The first-order chi connectivity index (χ1) is 17.0. The van der Waals surface area contributed by atoms with Gasteiger partial charge in [-0.3, -0.25) is 0 Å². The Morgan fingerprint density at radius 1 is 1.03 bits per heavy atom. The molecule has 0 amide bonds. The van der Waals surface area contributed by atoms with E-state index in [2.05, 4.69) is 50.8 Å². The van der Waals surface area contributed by atoms with Gasteiger partial charge in [0.1, 0.15) is 19.0 Å². The lowest BCUT2D eigenvalue weighted by Crippen LogP contribution is -2.14. The molecule has 1 aliphatic carbocycles. The largest absolute Gasteiger partial charge is 0.490 e. The van der Waals surface area contributed by atoms with Gasteiger partial charge in [0.25, 0.3) is 0 Å². The summed E-state index contributed by atoms with van der Waals surface area (Å²) in [6.45, 7) is 8.28. The molecule has 0 unspecified atom stereocenters. The highest BCUT2D eigenvalue weighted by atomic mass is 16.6. The number of aliphatic hydroxyl groups is 1. The minimum atomic E-state index is -0.488. The van der Waals surface area contributed by atoms with Crippen LogP contribution < -0.4 is 4.74 Å². The number of esters is 1. The van der Waals surface area contributed by atoms with Crippen molar-refractivity contribution < 1.29 is 19.4 Å². The number of aliphatic hydroxyl groups excluding tert-OH is 1. The van der Waals surface area contributed by atoms with E-state index in [-0.39, 0.29) is 31.8 Å². The fourth-order valence-electron chi connectivity index (χ4n) is 5.09. The van der Waals surface area contributed by atoms with Crippen LogP contribution in [0.15, 0.2) is 54.6 Å². The molecular formula is C31H42O4. The smallest absolute Gasteiger partial charge is 0.333 e. The molecule has 1 saturated carbocycles. The van der Waals surface area contributed by atoms with Crippen LogP contribution in [0.4, 0.5) is 0 Å². The molecule has 2 aromatic carbocycles. The van der Waals surface area contributed by atoms with Crippen molar-refractivity contribution in [2.24, 2.45) is 5.92 Å². The standard InChI is InChI=1S/C31H42O4/c1-4-5-6-7-25-8-10-26(11-9-25)27-12-14-28(15-13-27)30-17-16-29(22-24(30)3)34-20-21-35-31(33)23(2)18-19-32/h12-17,22,25-26,32H,2,4-11,18-21H2,1,3H3. The lowest BCUT2D eigenvalue weighted by molar-refractivity contribution is -0.140. The summed E-state index contributed by atoms with van der Waals surface area (Å²) in [5.41, 5.74) is 5.33. The molecule has 35 heavy (non-hydrogen) atoms. The maximum Gasteiger partial charge on any atom is 0.333 e. The zero-order valence-electron chi connectivity index (χ0n) is 21.6. The van der Waals surface area contributed by atoms with Crippen molar-refractivity contribution in [3.63, 3.8) is 0 Å². The molecule has 4 nitrogen and oxygen atoms in total. The van der Waals surface area contributed by atoms with E-state index in [9.17, 15) is 4.79 Å². The first-order valence-electron chi connectivity index (χ1n) is 13.3. The van der Waals surface area contributed by atoms with Gasteiger partial charge in [0.2, 0.25) is 0 Å². The highest BCUT2D eigenvalue weighted by Gasteiger charge is 2.22. The third kappa shape index (κ3) is 8.24. The molecule has 1 aliphatic rings. The maximum atomic E-state index is 11.7. The number of benzene rings is 2. The normalized spacial score (nSPS) is 17.7. The Bertz CT molecular complexity index is 939. The van der Waals surface area contributed by atoms with Crippen LogP contribution in [0.5, 0.6) is 5.75 Å². The Labute approximate surface area is 211 Å². The Kier molecular flexibility index (Phi) is 10.9. The zero-order chi connectivity index (χ0) is 25.0. The van der Waals surface area contributed by atoms with Crippen LogP contribution in [0.3, 0.4) is 0 Å². The van der Waals surface area contributed by atoms with E-state index in [4.69, 9.17) is 14.6 Å². The zero-order valence-corrected chi connectivity index (χ0v) is 21.6. The van der Waals surface area contributed by atoms with Gasteiger partial charge in [0, 0.05) is 18.6 Å². The molecule has 0 bridgehead atoms. The third-order valence-corrected chi connectivity index (χ3v) is 7.24. The molecule has 0 atom stereocenters. The predicted molar refractivity (Wildman–Crippen MR) is 143 cm³/mol. The van der Waals surface area contributed by atoms with Gasteiger partial charge in [-0.1, -0.05) is 69.5 Å². The molecule has 3 rings (SSSR count). The number of carbonyl (C=O) groups excluding carboxylic acids is 1. The van der Waals surface area contributed by atoms with E-state index in [1.165, 1.54) is 68.1 Å². The van der Waals surface area contributed by atoms with Gasteiger partial charge in [-0.2, -0.15) is 0 Å². The molecule has 0 aliphatic heterocycles. The number of carbonyl (C=O) groups is 1. The van der Waals surface area contributed by atoms with Crippen molar-refractivity contribution >= 4 is 5.97 Å². The average molecular weight is 479 g/mol. The van der Waals surface area contributed by atoms with Crippen LogP contribution in [0.1, 0.15) is 81.8 Å². The first-order valence-corrected chi connectivity index (χ1v) is 13.3. The number of aryl methyl sites for hydroxylation is 1. The van der Waals surface area contributed by atoms with Gasteiger partial charge in [-0.15, -0.1) is 0 Å². The van der Waals surface area contributed by atoms with Gasteiger partial charge < -0.3 is 14.6 Å². The van der Waals surface area contributed by atoms with Gasteiger partial charge in [-0.25, -0.2) is 4.79 Å². The molecule has 4 heteroatoms. The van der Waals surface area contributed by atoms with Crippen LogP contribution >= 0.6 is 0 Å².